The van der Waals surface area contributed by atoms with E-state index in [2.05, 4.69) is 11.3 Å². The molecule has 1 aromatic rings. The molecule has 0 spiro atoms. The molecule has 0 unspecified atom stereocenters. The molecule has 1 rings (SSSR count). The van der Waals surface area contributed by atoms with Gasteiger partial charge in [-0.15, -0.1) is 17.9 Å². The first-order chi connectivity index (χ1) is 6.61. The lowest BCUT2D eigenvalue weighted by Crippen LogP contribution is -2.23. The first kappa shape index (κ1) is 10.9. The minimum atomic E-state index is -3.55. The van der Waals surface area contributed by atoms with Gasteiger partial charge in [0, 0.05) is 6.54 Å². The zero-order valence-corrected chi connectivity index (χ0v) is 8.86. The third-order valence-electron chi connectivity index (χ3n) is 1.41. The van der Waals surface area contributed by atoms with Crippen LogP contribution >= 0.6 is 11.3 Å². The zero-order valence-electron chi connectivity index (χ0n) is 7.23. The SMILES string of the molecule is C=CCNS(=O)(=O)c1sccc1C#N. The van der Waals surface area contributed by atoms with Crippen molar-refractivity contribution < 1.29 is 8.42 Å². The van der Waals surface area contributed by atoms with Gasteiger partial charge in [-0.3, -0.25) is 0 Å². The summed E-state index contributed by atoms with van der Waals surface area (Å²) in [4.78, 5) is 0. The largest absolute Gasteiger partial charge is 0.251 e. The van der Waals surface area contributed by atoms with E-state index in [1.54, 1.807) is 5.38 Å². The molecule has 6 heteroatoms. The van der Waals surface area contributed by atoms with Crippen LogP contribution in [0.3, 0.4) is 0 Å². The summed E-state index contributed by atoms with van der Waals surface area (Å²) in [5, 5.41) is 10.2. The van der Waals surface area contributed by atoms with Gasteiger partial charge in [-0.1, -0.05) is 6.08 Å². The summed E-state index contributed by atoms with van der Waals surface area (Å²) in [5.74, 6) is 0. The van der Waals surface area contributed by atoms with Crippen molar-refractivity contribution in [3.05, 3.63) is 29.7 Å². The molecule has 0 bridgehead atoms. The maximum Gasteiger partial charge on any atom is 0.251 e. The standard InChI is InChI=1S/C8H8N2O2S2/c1-2-4-10-14(11,12)8-7(6-9)3-5-13-8/h2-3,5,10H,1,4H2. The number of rotatable bonds is 4. The van der Waals surface area contributed by atoms with Crippen LogP contribution in [0.15, 0.2) is 28.3 Å². The predicted molar refractivity (Wildman–Crippen MR) is 54.4 cm³/mol. The molecule has 0 radical (unpaired) electrons. The molecule has 0 atom stereocenters. The molecule has 0 aromatic carbocycles. The Balaban J connectivity index is 3.05. The van der Waals surface area contributed by atoms with Crippen molar-refractivity contribution in [1.82, 2.24) is 4.72 Å². The monoisotopic (exact) mass is 228 g/mol. The molecule has 0 saturated carbocycles. The smallest absolute Gasteiger partial charge is 0.207 e. The van der Waals surface area contributed by atoms with E-state index < -0.39 is 10.0 Å². The summed E-state index contributed by atoms with van der Waals surface area (Å²) in [7, 11) is -3.55. The predicted octanol–water partition coefficient (Wildman–Crippen LogP) is 1.08. The molecule has 1 heterocycles. The minimum absolute atomic E-state index is 0.0573. The van der Waals surface area contributed by atoms with Crippen molar-refractivity contribution in [3.8, 4) is 6.07 Å². The van der Waals surface area contributed by atoms with Crippen molar-refractivity contribution in [2.24, 2.45) is 0 Å². The van der Waals surface area contributed by atoms with Crippen LogP contribution in [0.4, 0.5) is 0 Å². The maximum absolute atomic E-state index is 11.5. The Morgan fingerprint density at radius 2 is 2.43 bits per heavy atom. The molecule has 14 heavy (non-hydrogen) atoms. The van der Waals surface area contributed by atoms with E-state index in [4.69, 9.17) is 5.26 Å². The molecule has 0 aliphatic carbocycles. The Labute approximate surface area is 86.5 Å². The van der Waals surface area contributed by atoms with Gasteiger partial charge in [0.25, 0.3) is 10.0 Å². The third kappa shape index (κ3) is 2.20. The van der Waals surface area contributed by atoms with Crippen LogP contribution in [0, 0.1) is 11.3 Å². The normalized spacial score (nSPS) is 10.8. The summed E-state index contributed by atoms with van der Waals surface area (Å²) < 4.78 is 25.4. The van der Waals surface area contributed by atoms with Crippen LogP contribution in [0.5, 0.6) is 0 Å². The molecule has 0 aliphatic rings. The quantitative estimate of drug-likeness (QED) is 0.784. The number of sulfonamides is 1. The highest BCUT2D eigenvalue weighted by atomic mass is 32.2. The van der Waals surface area contributed by atoms with Crippen LogP contribution in [-0.2, 0) is 10.0 Å². The number of hydrogen-bond donors (Lipinski definition) is 1. The molecule has 0 fully saturated rings. The van der Waals surface area contributed by atoms with E-state index in [9.17, 15) is 8.42 Å². The fourth-order valence-electron chi connectivity index (χ4n) is 0.821. The van der Waals surface area contributed by atoms with Gasteiger partial charge in [0.05, 0.1) is 5.56 Å². The van der Waals surface area contributed by atoms with Gasteiger partial charge >= 0.3 is 0 Å². The molecular weight excluding hydrogens is 220 g/mol. The lowest BCUT2D eigenvalue weighted by Gasteiger charge is -2.01. The zero-order chi connectivity index (χ0) is 10.6. The highest BCUT2D eigenvalue weighted by Crippen LogP contribution is 2.21. The highest BCUT2D eigenvalue weighted by Gasteiger charge is 2.18. The first-order valence-electron chi connectivity index (χ1n) is 3.70. The second kappa shape index (κ2) is 4.37. The highest BCUT2D eigenvalue weighted by molar-refractivity contribution is 7.91. The van der Waals surface area contributed by atoms with E-state index >= 15 is 0 Å². The van der Waals surface area contributed by atoms with E-state index in [1.165, 1.54) is 12.1 Å². The Morgan fingerprint density at radius 1 is 1.71 bits per heavy atom. The number of nitrogens with zero attached hydrogens (tertiary/aromatic N) is 1. The number of nitriles is 1. The second-order valence-corrected chi connectivity index (χ2v) is 5.25. The Morgan fingerprint density at radius 3 is 3.00 bits per heavy atom. The molecule has 1 N–H and O–H groups in total. The van der Waals surface area contributed by atoms with Gasteiger partial charge in [-0.05, 0) is 11.4 Å². The summed E-state index contributed by atoms with van der Waals surface area (Å²) in [5.41, 5.74) is 0.173. The summed E-state index contributed by atoms with van der Waals surface area (Å²) >= 11 is 1.02. The van der Waals surface area contributed by atoms with Gasteiger partial charge in [0.15, 0.2) is 4.21 Å². The van der Waals surface area contributed by atoms with Gasteiger partial charge < -0.3 is 0 Å². The molecule has 0 saturated heterocycles. The summed E-state index contributed by atoms with van der Waals surface area (Å²) in [6.45, 7) is 3.56. The van der Waals surface area contributed by atoms with Crippen LogP contribution < -0.4 is 4.72 Å². The maximum atomic E-state index is 11.5. The van der Waals surface area contributed by atoms with Gasteiger partial charge in [-0.25, -0.2) is 13.1 Å². The van der Waals surface area contributed by atoms with Crippen molar-refractivity contribution in [1.29, 1.82) is 5.26 Å². The molecular formula is C8H8N2O2S2. The molecule has 74 valence electrons. The molecule has 1 aromatic heterocycles. The van der Waals surface area contributed by atoms with Crippen LogP contribution in [0.1, 0.15) is 5.56 Å². The lowest BCUT2D eigenvalue weighted by molar-refractivity contribution is 0.587. The van der Waals surface area contributed by atoms with E-state index in [1.807, 2.05) is 6.07 Å². The number of nitrogens with one attached hydrogen (secondary N) is 1. The lowest BCUT2D eigenvalue weighted by atomic mass is 10.4. The van der Waals surface area contributed by atoms with Gasteiger partial charge in [-0.2, -0.15) is 5.26 Å². The average Bonchev–Trinajstić information content (AvgIpc) is 2.63. The van der Waals surface area contributed by atoms with Crippen molar-refractivity contribution in [3.63, 3.8) is 0 Å². The molecule has 4 nitrogen and oxygen atoms in total. The Hall–Kier alpha value is -1.16. The fraction of sp³-hybridized carbons (Fsp3) is 0.125. The second-order valence-electron chi connectivity index (χ2n) is 2.37. The summed E-state index contributed by atoms with van der Waals surface area (Å²) in [6.07, 6.45) is 1.44. The van der Waals surface area contributed by atoms with Crippen molar-refractivity contribution >= 4 is 21.4 Å². The van der Waals surface area contributed by atoms with Crippen molar-refractivity contribution in [2.75, 3.05) is 6.54 Å². The van der Waals surface area contributed by atoms with Gasteiger partial charge in [0.1, 0.15) is 6.07 Å². The first-order valence-corrected chi connectivity index (χ1v) is 6.06. The van der Waals surface area contributed by atoms with E-state index in [0.29, 0.717) is 0 Å². The van der Waals surface area contributed by atoms with Crippen molar-refractivity contribution in [2.45, 2.75) is 4.21 Å². The fourth-order valence-corrected chi connectivity index (χ4v) is 3.11. The Kier molecular flexibility index (Phi) is 3.41. The third-order valence-corrected chi connectivity index (χ3v) is 4.32. The van der Waals surface area contributed by atoms with E-state index in [-0.39, 0.29) is 16.3 Å². The molecule has 0 amide bonds. The number of hydrogen-bond acceptors (Lipinski definition) is 4. The van der Waals surface area contributed by atoms with Crippen LogP contribution in [-0.4, -0.2) is 15.0 Å². The van der Waals surface area contributed by atoms with Gasteiger partial charge in [0.2, 0.25) is 0 Å². The Bertz CT molecular complexity index is 468. The van der Waals surface area contributed by atoms with Crippen LogP contribution in [0.25, 0.3) is 0 Å². The van der Waals surface area contributed by atoms with E-state index in [0.717, 1.165) is 11.3 Å². The molecule has 0 aliphatic heterocycles. The van der Waals surface area contributed by atoms with Crippen LogP contribution in [0.2, 0.25) is 0 Å². The average molecular weight is 228 g/mol. The number of thiophene rings is 1. The summed E-state index contributed by atoms with van der Waals surface area (Å²) in [6, 6.07) is 3.30. The minimum Gasteiger partial charge on any atom is -0.207 e. The topological polar surface area (TPSA) is 70.0 Å².